The zero-order chi connectivity index (χ0) is 80.8. The van der Waals surface area contributed by atoms with Crippen molar-refractivity contribution in [2.45, 2.75) is 360 Å². The van der Waals surface area contributed by atoms with E-state index in [2.05, 4.69) is 191 Å². The maximum absolute atomic E-state index is 13.0. The summed E-state index contributed by atoms with van der Waals surface area (Å²) in [6, 6.07) is 0. The quantitative estimate of drug-likeness (QED) is 0.0146. The fourth-order valence-corrected chi connectivity index (χ4v) is 13.0. The maximum atomic E-state index is 13.0. The van der Waals surface area contributed by atoms with E-state index in [1.165, 1.54) is 103 Å². The first-order valence-electron chi connectivity index (χ1n) is 43.4. The van der Waals surface area contributed by atoms with Crippen molar-refractivity contribution in [2.24, 2.45) is 0 Å². The van der Waals surface area contributed by atoms with Gasteiger partial charge in [-0.2, -0.15) is 0 Å². The highest BCUT2D eigenvalue weighted by atomic mass is 31.2. The molecule has 0 amide bonds. The van der Waals surface area contributed by atoms with Gasteiger partial charge in [-0.05, 0) is 154 Å². The van der Waals surface area contributed by atoms with E-state index in [9.17, 15) is 43.5 Å². The van der Waals surface area contributed by atoms with Gasteiger partial charge in [0.2, 0.25) is 0 Å². The molecule has 16 nitrogen and oxygen atoms in total. The molecule has 0 saturated heterocycles. The Morgan fingerprint density at radius 3 is 0.757 bits per heavy atom. The molecule has 0 aliphatic carbocycles. The van der Waals surface area contributed by atoms with Crippen molar-refractivity contribution < 1.29 is 75.8 Å². The fraction of sp³-hybridized carbons (Fsp3) is 0.667. The number of phosphoric ester groups is 2. The second kappa shape index (κ2) is 84.3. The number of aliphatic hydroxyl groups is 2. The van der Waals surface area contributed by atoms with Crippen molar-refractivity contribution in [3.63, 3.8) is 0 Å². The number of allylic oxidation sites excluding steroid dienone is 28. The van der Waals surface area contributed by atoms with E-state index in [-0.39, 0.29) is 19.3 Å². The molecule has 0 saturated carbocycles. The average molecular weight is 1590 g/mol. The first kappa shape index (κ1) is 106. The van der Waals surface area contributed by atoms with Crippen LogP contribution < -0.4 is 0 Å². The normalized spacial score (nSPS) is 14.7. The zero-order valence-corrected chi connectivity index (χ0v) is 71.4. The average Bonchev–Trinajstić information content (AvgIpc) is 0.902. The lowest BCUT2D eigenvalue weighted by atomic mass is 10.0. The lowest BCUT2D eigenvalue weighted by molar-refractivity contribution is -0.161. The van der Waals surface area contributed by atoms with Gasteiger partial charge in [-0.15, -0.1) is 0 Å². The highest BCUT2D eigenvalue weighted by Crippen LogP contribution is 2.45. The first-order chi connectivity index (χ1) is 54.2. The number of rotatable bonds is 81. The summed E-state index contributed by atoms with van der Waals surface area (Å²) in [5.74, 6) is -1.61. The van der Waals surface area contributed by atoms with Gasteiger partial charge in [0.05, 0.1) is 26.4 Å². The highest BCUT2D eigenvalue weighted by molar-refractivity contribution is 7.47. The van der Waals surface area contributed by atoms with Crippen LogP contribution in [0.1, 0.15) is 342 Å². The molecule has 0 aromatic carbocycles. The molecule has 5 unspecified atom stereocenters. The maximum Gasteiger partial charge on any atom is 0.472 e. The molecule has 0 aliphatic heterocycles. The van der Waals surface area contributed by atoms with Crippen LogP contribution in [-0.2, 0) is 55.8 Å². The van der Waals surface area contributed by atoms with E-state index in [0.717, 1.165) is 180 Å². The standard InChI is InChI=1S/C93H156O16P2/c1-4-7-10-13-16-19-22-25-28-31-34-36-38-40-41-42-43-44-45-47-49-50-53-55-58-61-64-67-70-73-76-79-91(96)103-82-88(94)83-105-110(99,100)106-84-89(95)85-107-111(101,102)108-87-90(109-93(98)81-78-75-72-69-66-63-60-57-52-33-30-27-24-21-18-15-12-9-6-3)86-104-92(97)80-77-74-71-68-65-62-59-56-54-51-48-46-39-37-35-32-29-26-23-20-17-14-11-8-5-2/h8-9,11-12,16-21,25-30,34-37,40-41,46,48,52,54,56-57,88-90,94-95H,4-7,10,13-15,22-24,31-33,38-39,42-45,47,49-51,53,55,58-87H2,1-3H3,(H,99,100)(H,101,102)/b11-8-,12-9-,19-16-,20-17-,21-18-,28-25-,29-26-,30-27-,36-34-,37-35-,41-40-,48-46-,56-54-,57-52-. The summed E-state index contributed by atoms with van der Waals surface area (Å²) in [6.07, 6.45) is 108. The molecular formula is C93H156O16P2. The first-order valence-corrected chi connectivity index (χ1v) is 46.4. The monoisotopic (exact) mass is 1590 g/mol. The minimum atomic E-state index is -4.95. The van der Waals surface area contributed by atoms with Gasteiger partial charge in [-0.3, -0.25) is 32.5 Å². The Kier molecular flexibility index (Phi) is 80.4. The van der Waals surface area contributed by atoms with E-state index in [1.807, 2.05) is 0 Å². The van der Waals surface area contributed by atoms with Gasteiger partial charge in [0.1, 0.15) is 25.4 Å². The molecule has 4 N–H and O–H groups in total. The van der Waals surface area contributed by atoms with Gasteiger partial charge >= 0.3 is 33.6 Å². The van der Waals surface area contributed by atoms with E-state index >= 15 is 0 Å². The molecule has 18 heteroatoms. The summed E-state index contributed by atoms with van der Waals surface area (Å²) < 4.78 is 61.3. The van der Waals surface area contributed by atoms with Gasteiger partial charge in [-0.25, -0.2) is 9.13 Å². The van der Waals surface area contributed by atoms with E-state index in [4.69, 9.17) is 32.3 Å². The van der Waals surface area contributed by atoms with Crippen LogP contribution in [0.15, 0.2) is 170 Å². The van der Waals surface area contributed by atoms with Crippen molar-refractivity contribution in [3.8, 4) is 0 Å². The van der Waals surface area contributed by atoms with Gasteiger partial charge in [0.25, 0.3) is 0 Å². The third-order valence-corrected chi connectivity index (χ3v) is 19.8. The predicted octanol–water partition coefficient (Wildman–Crippen LogP) is 26.3. The Morgan fingerprint density at radius 2 is 0.477 bits per heavy atom. The van der Waals surface area contributed by atoms with Crippen LogP contribution in [0.3, 0.4) is 0 Å². The number of hydrogen-bond acceptors (Lipinski definition) is 14. The third-order valence-electron chi connectivity index (χ3n) is 17.9. The highest BCUT2D eigenvalue weighted by Gasteiger charge is 2.29. The number of aliphatic hydroxyl groups excluding tert-OH is 2. The van der Waals surface area contributed by atoms with Gasteiger partial charge in [0.15, 0.2) is 6.10 Å². The second-order valence-electron chi connectivity index (χ2n) is 28.6. The van der Waals surface area contributed by atoms with Crippen LogP contribution in [0, 0.1) is 0 Å². The van der Waals surface area contributed by atoms with E-state index in [0.29, 0.717) is 19.3 Å². The van der Waals surface area contributed by atoms with Crippen LogP contribution in [0.4, 0.5) is 0 Å². The predicted molar refractivity (Wildman–Crippen MR) is 463 cm³/mol. The molecule has 0 radical (unpaired) electrons. The minimum Gasteiger partial charge on any atom is -0.463 e. The van der Waals surface area contributed by atoms with Crippen LogP contribution in [0.25, 0.3) is 0 Å². The topological polar surface area (TPSA) is 231 Å². The molecule has 0 aromatic heterocycles. The smallest absolute Gasteiger partial charge is 0.463 e. The molecule has 111 heavy (non-hydrogen) atoms. The van der Waals surface area contributed by atoms with Crippen LogP contribution in [0.5, 0.6) is 0 Å². The van der Waals surface area contributed by atoms with E-state index in [1.54, 1.807) is 0 Å². The van der Waals surface area contributed by atoms with Crippen molar-refractivity contribution in [2.75, 3.05) is 39.6 Å². The number of ether oxygens (including phenoxy) is 3. The molecule has 0 aromatic rings. The molecule has 634 valence electrons. The van der Waals surface area contributed by atoms with Gasteiger partial charge < -0.3 is 34.2 Å². The third kappa shape index (κ3) is 85.6. The summed E-state index contributed by atoms with van der Waals surface area (Å²) >= 11 is 0. The lowest BCUT2D eigenvalue weighted by Crippen LogP contribution is -2.30. The Bertz CT molecular complexity index is 2700. The van der Waals surface area contributed by atoms with Gasteiger partial charge in [0, 0.05) is 19.3 Å². The summed E-state index contributed by atoms with van der Waals surface area (Å²) in [4.78, 5) is 58.9. The van der Waals surface area contributed by atoms with Crippen molar-refractivity contribution in [3.05, 3.63) is 170 Å². The Morgan fingerprint density at radius 1 is 0.261 bits per heavy atom. The summed E-state index contributed by atoms with van der Waals surface area (Å²) in [5.41, 5.74) is 0. The lowest BCUT2D eigenvalue weighted by Gasteiger charge is -2.21. The number of phosphoric acid groups is 2. The molecule has 0 heterocycles. The number of unbranched alkanes of at least 4 members (excludes halogenated alkanes) is 30. The summed E-state index contributed by atoms with van der Waals surface area (Å²) in [5, 5.41) is 20.7. The number of carbonyl (C=O) groups is 3. The molecular weight excluding hydrogens is 1430 g/mol. The van der Waals surface area contributed by atoms with Crippen molar-refractivity contribution in [1.29, 1.82) is 0 Å². The number of hydrogen-bond donors (Lipinski definition) is 4. The molecule has 5 atom stereocenters. The molecule has 0 fully saturated rings. The molecule has 0 aliphatic rings. The summed E-state index contributed by atoms with van der Waals surface area (Å²) in [7, 11) is -9.82. The summed E-state index contributed by atoms with van der Waals surface area (Å²) in [6.45, 7) is 2.41. The Labute approximate surface area is 675 Å². The van der Waals surface area contributed by atoms with Crippen LogP contribution in [0.2, 0.25) is 0 Å². The molecule has 0 spiro atoms. The Balaban J connectivity index is 4.60. The fourth-order valence-electron chi connectivity index (χ4n) is 11.4. The largest absolute Gasteiger partial charge is 0.472 e. The molecule has 0 rings (SSSR count). The van der Waals surface area contributed by atoms with Crippen molar-refractivity contribution in [1.82, 2.24) is 0 Å². The number of esters is 3. The van der Waals surface area contributed by atoms with Crippen molar-refractivity contribution >= 4 is 33.6 Å². The van der Waals surface area contributed by atoms with Crippen LogP contribution >= 0.6 is 15.6 Å². The van der Waals surface area contributed by atoms with E-state index < -0.39 is 91.5 Å². The Hall–Kier alpha value is -5.09. The second-order valence-corrected chi connectivity index (χ2v) is 31.5. The van der Waals surface area contributed by atoms with Crippen LogP contribution in [-0.4, -0.2) is 95.9 Å². The zero-order valence-electron chi connectivity index (χ0n) is 69.6. The van der Waals surface area contributed by atoms with Gasteiger partial charge in [-0.1, -0.05) is 339 Å². The molecule has 0 bridgehead atoms. The minimum absolute atomic E-state index is 0.0790. The number of carbonyl (C=O) groups excluding carboxylic acids is 3. The SMILES string of the molecule is CC/C=C\C/C=C\C/C=C\C/C=C\C/C=C\C/C=C\CCCCCCCCC(=O)OCC(COP(=O)(O)OCC(O)COP(=O)(O)OCC(O)COC(=O)CCCCCCCCCCCCCCCCC/C=C\C/C=C\C/C=C\C/C=C\CCCCC)OC(=O)CCCCCCCC/C=C\C/C=C\C/C=C\C/C=C\CC.